The molecule has 3 N–H and O–H groups in total. The first-order valence-electron chi connectivity index (χ1n) is 5.94. The number of nitrogens with zero attached hydrogens (tertiary/aromatic N) is 2. The summed E-state index contributed by atoms with van der Waals surface area (Å²) in [5.74, 6) is -0.707. The highest BCUT2D eigenvalue weighted by atomic mass is 16.5. The van der Waals surface area contributed by atoms with Crippen molar-refractivity contribution < 1.29 is 14.7 Å². The lowest BCUT2D eigenvalue weighted by molar-refractivity contribution is -0.133. The third-order valence-electron chi connectivity index (χ3n) is 3.06. The van der Waals surface area contributed by atoms with Gasteiger partial charge in [0.2, 0.25) is 5.91 Å². The first-order valence-corrected chi connectivity index (χ1v) is 5.94. The van der Waals surface area contributed by atoms with Crippen LogP contribution in [0.4, 0.5) is 0 Å². The van der Waals surface area contributed by atoms with Gasteiger partial charge in [-0.1, -0.05) is 12.1 Å². The van der Waals surface area contributed by atoms with E-state index in [0.717, 1.165) is 19.4 Å². The van der Waals surface area contributed by atoms with Crippen LogP contribution in [0, 0.1) is 5.92 Å². The van der Waals surface area contributed by atoms with Crippen LogP contribution in [-0.4, -0.2) is 48.2 Å². The Hall–Kier alpha value is -1.30. The zero-order valence-electron chi connectivity index (χ0n) is 10.4. The summed E-state index contributed by atoms with van der Waals surface area (Å²) in [6.45, 7) is 3.17. The molecular formula is C11H21N3O3. The maximum atomic E-state index is 12.1. The van der Waals surface area contributed by atoms with Crippen molar-refractivity contribution in [2.45, 2.75) is 32.3 Å². The third kappa shape index (κ3) is 3.59. The van der Waals surface area contributed by atoms with Gasteiger partial charge in [0.1, 0.15) is 0 Å². The van der Waals surface area contributed by atoms with Crippen LogP contribution in [0.1, 0.15) is 26.2 Å². The zero-order chi connectivity index (χ0) is 12.8. The number of amidine groups is 1. The zero-order valence-corrected chi connectivity index (χ0v) is 10.4. The van der Waals surface area contributed by atoms with Gasteiger partial charge in [0.15, 0.2) is 5.84 Å². The van der Waals surface area contributed by atoms with Gasteiger partial charge < -0.3 is 20.6 Å². The Labute approximate surface area is 101 Å². The number of ether oxygens (including phenoxy) is 1. The van der Waals surface area contributed by atoms with Crippen LogP contribution in [0.25, 0.3) is 0 Å². The normalized spacial score (nSPS) is 22.5. The van der Waals surface area contributed by atoms with Crippen LogP contribution in [0.5, 0.6) is 0 Å². The molecule has 2 atom stereocenters. The Morgan fingerprint density at radius 1 is 1.71 bits per heavy atom. The van der Waals surface area contributed by atoms with E-state index in [4.69, 9.17) is 15.7 Å². The largest absolute Gasteiger partial charge is 0.409 e. The van der Waals surface area contributed by atoms with Crippen LogP contribution < -0.4 is 5.73 Å². The third-order valence-corrected chi connectivity index (χ3v) is 3.06. The number of amides is 1. The summed E-state index contributed by atoms with van der Waals surface area (Å²) in [5, 5.41) is 11.5. The standard InChI is InChI=1S/C11H21N3O3/c1-3-9(10(12)13-16)11(15)14(2)7-8-5-4-6-17-8/h8-9,16H,3-7H2,1-2H3,(H2,12,13). The molecular weight excluding hydrogens is 222 g/mol. The lowest BCUT2D eigenvalue weighted by Gasteiger charge is -2.24. The minimum absolute atomic E-state index is 0.0308. The molecule has 6 heteroatoms. The van der Waals surface area contributed by atoms with Crippen LogP contribution in [0.15, 0.2) is 5.16 Å². The molecule has 98 valence electrons. The van der Waals surface area contributed by atoms with Gasteiger partial charge >= 0.3 is 0 Å². The van der Waals surface area contributed by atoms with E-state index in [1.165, 1.54) is 0 Å². The molecule has 6 nitrogen and oxygen atoms in total. The number of carbonyl (C=O) groups is 1. The molecule has 0 bridgehead atoms. The fourth-order valence-electron chi connectivity index (χ4n) is 2.03. The van der Waals surface area contributed by atoms with Crippen LogP contribution in [-0.2, 0) is 9.53 Å². The van der Waals surface area contributed by atoms with Gasteiger partial charge in [0.05, 0.1) is 12.0 Å². The second kappa shape index (κ2) is 6.44. The van der Waals surface area contributed by atoms with Gasteiger partial charge in [-0.25, -0.2) is 0 Å². The Kier molecular flexibility index (Phi) is 5.21. The van der Waals surface area contributed by atoms with Crippen LogP contribution in [0.2, 0.25) is 0 Å². The maximum Gasteiger partial charge on any atom is 0.233 e. The topological polar surface area (TPSA) is 88.2 Å². The van der Waals surface area contributed by atoms with Crippen molar-refractivity contribution in [1.29, 1.82) is 0 Å². The van der Waals surface area contributed by atoms with Gasteiger partial charge in [0, 0.05) is 20.2 Å². The summed E-state index contributed by atoms with van der Waals surface area (Å²) >= 11 is 0. The number of likely N-dealkylation sites (N-methyl/N-ethyl adjacent to an activating group) is 1. The van der Waals surface area contributed by atoms with Crippen LogP contribution >= 0.6 is 0 Å². The summed E-state index contributed by atoms with van der Waals surface area (Å²) < 4.78 is 5.47. The molecule has 1 amide bonds. The highest BCUT2D eigenvalue weighted by Crippen LogP contribution is 2.14. The number of nitrogens with two attached hydrogens (primary N) is 1. The fraction of sp³-hybridized carbons (Fsp3) is 0.818. The van der Waals surface area contributed by atoms with Crippen molar-refractivity contribution in [3.63, 3.8) is 0 Å². The molecule has 1 rings (SSSR count). The van der Waals surface area contributed by atoms with E-state index in [0.29, 0.717) is 13.0 Å². The molecule has 1 heterocycles. The Bertz CT molecular complexity index is 288. The predicted molar refractivity (Wildman–Crippen MR) is 63.8 cm³/mol. The van der Waals surface area contributed by atoms with Gasteiger partial charge in [0.25, 0.3) is 0 Å². The fourth-order valence-corrected chi connectivity index (χ4v) is 2.03. The highest BCUT2D eigenvalue weighted by Gasteiger charge is 2.27. The van der Waals surface area contributed by atoms with Crippen molar-refractivity contribution in [3.8, 4) is 0 Å². The molecule has 1 fully saturated rings. The average molecular weight is 243 g/mol. The lowest BCUT2D eigenvalue weighted by atomic mass is 10.0. The molecule has 1 saturated heterocycles. The second-order valence-electron chi connectivity index (χ2n) is 4.34. The molecule has 0 spiro atoms. The maximum absolute atomic E-state index is 12.1. The lowest BCUT2D eigenvalue weighted by Crippen LogP contribution is -2.42. The van der Waals surface area contributed by atoms with Crippen molar-refractivity contribution in [1.82, 2.24) is 4.90 Å². The number of oxime groups is 1. The van der Waals surface area contributed by atoms with Gasteiger partial charge in [-0.2, -0.15) is 0 Å². The summed E-state index contributed by atoms with van der Waals surface area (Å²) in [5.41, 5.74) is 5.50. The summed E-state index contributed by atoms with van der Waals surface area (Å²) in [7, 11) is 1.72. The van der Waals surface area contributed by atoms with Gasteiger partial charge in [-0.3, -0.25) is 4.79 Å². The Balaban J connectivity index is 2.54. The summed E-state index contributed by atoms with van der Waals surface area (Å²) in [6.07, 6.45) is 2.67. The van der Waals surface area contributed by atoms with E-state index in [-0.39, 0.29) is 17.8 Å². The molecule has 0 radical (unpaired) electrons. The molecule has 0 aromatic heterocycles. The first-order chi connectivity index (χ1) is 8.10. The molecule has 0 saturated carbocycles. The quantitative estimate of drug-likeness (QED) is 0.316. The molecule has 0 aromatic carbocycles. The molecule has 0 aromatic rings. The van der Waals surface area contributed by atoms with Crippen LogP contribution in [0.3, 0.4) is 0 Å². The van der Waals surface area contributed by atoms with E-state index >= 15 is 0 Å². The number of hydrogen-bond donors (Lipinski definition) is 2. The monoisotopic (exact) mass is 243 g/mol. The van der Waals surface area contributed by atoms with Gasteiger partial charge in [-0.15, -0.1) is 0 Å². The molecule has 17 heavy (non-hydrogen) atoms. The highest BCUT2D eigenvalue weighted by molar-refractivity contribution is 6.01. The number of carbonyl (C=O) groups excluding carboxylic acids is 1. The number of rotatable bonds is 5. The first kappa shape index (κ1) is 13.8. The predicted octanol–water partition coefficient (Wildman–Crippen LogP) is 0.396. The average Bonchev–Trinajstić information content (AvgIpc) is 2.82. The van der Waals surface area contributed by atoms with Gasteiger partial charge in [-0.05, 0) is 19.3 Å². The molecule has 0 aliphatic carbocycles. The summed E-state index contributed by atoms with van der Waals surface area (Å²) in [4.78, 5) is 13.7. The Morgan fingerprint density at radius 3 is 2.88 bits per heavy atom. The minimum Gasteiger partial charge on any atom is -0.409 e. The van der Waals surface area contributed by atoms with E-state index < -0.39 is 5.92 Å². The SMILES string of the molecule is CCC(C(=O)N(C)CC1CCCO1)C(N)=NO. The molecule has 1 aliphatic rings. The van der Waals surface area contributed by atoms with Crippen molar-refractivity contribution in [2.75, 3.05) is 20.2 Å². The minimum atomic E-state index is -0.550. The van der Waals surface area contributed by atoms with E-state index in [1.54, 1.807) is 11.9 Å². The smallest absolute Gasteiger partial charge is 0.233 e. The molecule has 1 aliphatic heterocycles. The van der Waals surface area contributed by atoms with E-state index in [9.17, 15) is 4.79 Å². The number of hydrogen-bond acceptors (Lipinski definition) is 4. The van der Waals surface area contributed by atoms with Crippen molar-refractivity contribution >= 4 is 11.7 Å². The van der Waals surface area contributed by atoms with E-state index in [1.807, 2.05) is 6.92 Å². The van der Waals surface area contributed by atoms with Crippen molar-refractivity contribution in [3.05, 3.63) is 0 Å². The molecule has 2 unspecified atom stereocenters. The van der Waals surface area contributed by atoms with Crippen molar-refractivity contribution in [2.24, 2.45) is 16.8 Å². The summed E-state index contributed by atoms with van der Waals surface area (Å²) in [6, 6.07) is 0. The van der Waals surface area contributed by atoms with E-state index in [2.05, 4.69) is 5.16 Å². The second-order valence-corrected chi connectivity index (χ2v) is 4.34. The Morgan fingerprint density at radius 2 is 2.41 bits per heavy atom.